The van der Waals surface area contributed by atoms with Crippen LogP contribution in [0.4, 0.5) is 10.1 Å². The first-order valence-corrected chi connectivity index (χ1v) is 7.29. The van der Waals surface area contributed by atoms with Crippen LogP contribution in [-0.4, -0.2) is 18.0 Å². The molecule has 23 heavy (non-hydrogen) atoms. The molecule has 0 radical (unpaired) electrons. The zero-order valence-corrected chi connectivity index (χ0v) is 13.4. The van der Waals surface area contributed by atoms with Gasteiger partial charge in [0.2, 0.25) is 0 Å². The molecule has 0 bridgehead atoms. The standard InChI is InChI=1S/C17H15ClFNO3/c1-10-5-3-6-12(9-10)20-16(21)11(2)23-17(22)15-13(18)7-4-8-14(15)19/h3-9,11H,1-2H3,(H,20,21)/t11-/m1/s1. The molecule has 0 aliphatic heterocycles. The Morgan fingerprint density at radius 1 is 1.22 bits per heavy atom. The lowest BCUT2D eigenvalue weighted by Gasteiger charge is -2.14. The average molecular weight is 336 g/mol. The van der Waals surface area contributed by atoms with Crippen molar-refractivity contribution in [1.29, 1.82) is 0 Å². The van der Waals surface area contributed by atoms with Crippen LogP contribution in [-0.2, 0) is 9.53 Å². The topological polar surface area (TPSA) is 55.4 Å². The summed E-state index contributed by atoms with van der Waals surface area (Å²) in [7, 11) is 0. The first kappa shape index (κ1) is 17.0. The summed E-state index contributed by atoms with van der Waals surface area (Å²) in [6.45, 7) is 3.29. The fraction of sp³-hybridized carbons (Fsp3) is 0.176. The molecule has 1 N–H and O–H groups in total. The van der Waals surface area contributed by atoms with Crippen molar-refractivity contribution in [2.75, 3.05) is 5.32 Å². The summed E-state index contributed by atoms with van der Waals surface area (Å²) in [5, 5.41) is 2.56. The third-order valence-corrected chi connectivity index (χ3v) is 3.42. The highest BCUT2D eigenvalue weighted by molar-refractivity contribution is 6.33. The number of rotatable bonds is 4. The molecule has 1 atom stereocenters. The summed E-state index contributed by atoms with van der Waals surface area (Å²) in [5.74, 6) is -2.30. The summed E-state index contributed by atoms with van der Waals surface area (Å²) in [4.78, 5) is 24.0. The Hall–Kier alpha value is -2.40. The van der Waals surface area contributed by atoms with E-state index in [4.69, 9.17) is 16.3 Å². The number of carbonyl (C=O) groups is 2. The van der Waals surface area contributed by atoms with Gasteiger partial charge in [-0.3, -0.25) is 4.79 Å². The molecule has 120 valence electrons. The molecule has 0 unspecified atom stereocenters. The van der Waals surface area contributed by atoms with Crippen LogP contribution in [0, 0.1) is 12.7 Å². The van der Waals surface area contributed by atoms with Gasteiger partial charge < -0.3 is 10.1 Å². The highest BCUT2D eigenvalue weighted by atomic mass is 35.5. The van der Waals surface area contributed by atoms with Gasteiger partial charge >= 0.3 is 5.97 Å². The van der Waals surface area contributed by atoms with E-state index in [1.165, 1.54) is 19.1 Å². The van der Waals surface area contributed by atoms with Gasteiger partial charge in [-0.2, -0.15) is 0 Å². The van der Waals surface area contributed by atoms with E-state index in [1.807, 2.05) is 13.0 Å². The van der Waals surface area contributed by atoms with Crippen LogP contribution in [0.5, 0.6) is 0 Å². The summed E-state index contributed by atoms with van der Waals surface area (Å²) in [6.07, 6.45) is -1.10. The van der Waals surface area contributed by atoms with Crippen LogP contribution in [0.2, 0.25) is 5.02 Å². The highest BCUT2D eigenvalue weighted by Gasteiger charge is 2.23. The van der Waals surface area contributed by atoms with Crippen molar-refractivity contribution in [2.24, 2.45) is 0 Å². The molecule has 0 saturated heterocycles. The second kappa shape index (κ2) is 7.24. The van der Waals surface area contributed by atoms with E-state index >= 15 is 0 Å². The maximum absolute atomic E-state index is 13.7. The van der Waals surface area contributed by atoms with E-state index in [9.17, 15) is 14.0 Å². The van der Waals surface area contributed by atoms with Gasteiger partial charge in [0.15, 0.2) is 6.10 Å². The molecule has 2 aromatic carbocycles. The minimum Gasteiger partial charge on any atom is -0.449 e. The second-order valence-electron chi connectivity index (χ2n) is 5.00. The van der Waals surface area contributed by atoms with E-state index < -0.39 is 23.8 Å². The van der Waals surface area contributed by atoms with Crippen molar-refractivity contribution in [1.82, 2.24) is 0 Å². The SMILES string of the molecule is Cc1cccc(NC(=O)[C@@H](C)OC(=O)c2c(F)cccc2Cl)c1. The molecule has 4 nitrogen and oxygen atoms in total. The smallest absolute Gasteiger partial charge is 0.343 e. The van der Waals surface area contributed by atoms with Gasteiger partial charge in [0.25, 0.3) is 5.91 Å². The summed E-state index contributed by atoms with van der Waals surface area (Å²) < 4.78 is 18.6. The number of esters is 1. The Morgan fingerprint density at radius 3 is 2.57 bits per heavy atom. The van der Waals surface area contributed by atoms with Crippen molar-refractivity contribution >= 4 is 29.2 Å². The number of nitrogens with one attached hydrogen (secondary N) is 1. The van der Waals surface area contributed by atoms with Crippen molar-refractivity contribution in [3.63, 3.8) is 0 Å². The summed E-state index contributed by atoms with van der Waals surface area (Å²) in [6, 6.07) is 11.0. The molecule has 0 heterocycles. The average Bonchev–Trinajstić information content (AvgIpc) is 2.46. The Kier molecular flexibility index (Phi) is 5.34. The van der Waals surface area contributed by atoms with Gasteiger partial charge in [-0.15, -0.1) is 0 Å². The van der Waals surface area contributed by atoms with Gasteiger partial charge in [-0.25, -0.2) is 9.18 Å². The zero-order valence-electron chi connectivity index (χ0n) is 12.6. The van der Waals surface area contributed by atoms with Gasteiger partial charge in [0.1, 0.15) is 11.4 Å². The second-order valence-corrected chi connectivity index (χ2v) is 5.41. The van der Waals surface area contributed by atoms with Gasteiger partial charge in [0, 0.05) is 5.69 Å². The van der Waals surface area contributed by atoms with Crippen LogP contribution >= 0.6 is 11.6 Å². The predicted octanol–water partition coefficient (Wildman–Crippen LogP) is 3.97. The molecule has 0 fully saturated rings. The van der Waals surface area contributed by atoms with E-state index in [0.29, 0.717) is 5.69 Å². The number of carbonyl (C=O) groups excluding carboxylic acids is 2. The summed E-state index contributed by atoms with van der Waals surface area (Å²) >= 11 is 5.79. The van der Waals surface area contributed by atoms with E-state index in [-0.39, 0.29) is 10.6 Å². The minimum absolute atomic E-state index is 0.0682. The molecular formula is C17H15ClFNO3. The minimum atomic E-state index is -1.10. The van der Waals surface area contributed by atoms with Crippen LogP contribution in [0.3, 0.4) is 0 Å². The Labute approximate surface area is 138 Å². The fourth-order valence-corrected chi connectivity index (χ4v) is 2.17. The fourth-order valence-electron chi connectivity index (χ4n) is 1.93. The third-order valence-electron chi connectivity index (χ3n) is 3.11. The number of hydrogen-bond donors (Lipinski definition) is 1. The largest absolute Gasteiger partial charge is 0.449 e. The Bertz CT molecular complexity index is 728. The zero-order chi connectivity index (χ0) is 17.0. The Morgan fingerprint density at radius 2 is 1.91 bits per heavy atom. The van der Waals surface area contributed by atoms with Crippen molar-refractivity contribution in [3.8, 4) is 0 Å². The van der Waals surface area contributed by atoms with Gasteiger partial charge in [0.05, 0.1) is 5.02 Å². The van der Waals surface area contributed by atoms with Gasteiger partial charge in [-0.05, 0) is 43.7 Å². The van der Waals surface area contributed by atoms with E-state index in [2.05, 4.69) is 5.32 Å². The molecule has 2 aromatic rings. The molecular weight excluding hydrogens is 321 g/mol. The number of amides is 1. The third kappa shape index (κ3) is 4.29. The van der Waals surface area contributed by atoms with Crippen LogP contribution in [0.1, 0.15) is 22.8 Å². The predicted molar refractivity (Wildman–Crippen MR) is 86.1 cm³/mol. The van der Waals surface area contributed by atoms with Crippen molar-refractivity contribution < 1.29 is 18.7 Å². The quantitative estimate of drug-likeness (QED) is 0.860. The normalized spacial score (nSPS) is 11.7. The van der Waals surface area contributed by atoms with Crippen molar-refractivity contribution in [2.45, 2.75) is 20.0 Å². The first-order chi connectivity index (χ1) is 10.9. The molecule has 0 aliphatic rings. The number of halogens is 2. The highest BCUT2D eigenvalue weighted by Crippen LogP contribution is 2.20. The first-order valence-electron chi connectivity index (χ1n) is 6.91. The van der Waals surface area contributed by atoms with Crippen molar-refractivity contribution in [3.05, 3.63) is 64.4 Å². The van der Waals surface area contributed by atoms with Crippen LogP contribution in [0.15, 0.2) is 42.5 Å². The molecule has 0 aliphatic carbocycles. The van der Waals surface area contributed by atoms with E-state index in [0.717, 1.165) is 11.6 Å². The molecule has 0 saturated carbocycles. The van der Waals surface area contributed by atoms with Gasteiger partial charge in [-0.1, -0.05) is 29.8 Å². The lowest BCUT2D eigenvalue weighted by Crippen LogP contribution is -2.30. The van der Waals surface area contributed by atoms with Crippen LogP contribution in [0.25, 0.3) is 0 Å². The Balaban J connectivity index is 2.05. The molecule has 6 heteroatoms. The monoisotopic (exact) mass is 335 g/mol. The maximum Gasteiger partial charge on any atom is 0.343 e. The lowest BCUT2D eigenvalue weighted by atomic mass is 10.2. The van der Waals surface area contributed by atoms with Crippen LogP contribution < -0.4 is 5.32 Å². The van der Waals surface area contributed by atoms with E-state index in [1.54, 1.807) is 18.2 Å². The summed E-state index contributed by atoms with van der Waals surface area (Å²) in [5.41, 5.74) is 1.18. The number of benzene rings is 2. The maximum atomic E-state index is 13.7. The lowest BCUT2D eigenvalue weighted by molar-refractivity contribution is -0.123. The number of hydrogen-bond acceptors (Lipinski definition) is 3. The molecule has 1 amide bonds. The number of aryl methyl sites for hydroxylation is 1. The molecule has 0 spiro atoms. The number of ether oxygens (including phenoxy) is 1. The number of anilines is 1. The molecule has 0 aromatic heterocycles. The molecule has 2 rings (SSSR count).